The fraction of sp³-hybridized carbons (Fsp3) is 0.444. The van der Waals surface area contributed by atoms with Crippen molar-refractivity contribution in [2.75, 3.05) is 6.61 Å². The Morgan fingerprint density at radius 3 is 3.00 bits per heavy atom. The molecule has 0 spiro atoms. The van der Waals surface area contributed by atoms with Crippen LogP contribution in [0.2, 0.25) is 0 Å². The van der Waals surface area contributed by atoms with E-state index in [-0.39, 0.29) is 5.82 Å². The van der Waals surface area contributed by atoms with Gasteiger partial charge in [-0.25, -0.2) is 4.98 Å². The molecule has 0 saturated carbocycles. The summed E-state index contributed by atoms with van der Waals surface area (Å²) in [6, 6.07) is 1.60. The number of carboxylic acid groups (broad SMARTS) is 1. The predicted molar refractivity (Wildman–Crippen MR) is 49.3 cm³/mol. The minimum Gasteiger partial charge on any atom is -0.481 e. The molecule has 1 heterocycles. The second-order valence-corrected chi connectivity index (χ2v) is 2.75. The first-order valence-electron chi connectivity index (χ1n) is 4.33. The lowest BCUT2D eigenvalue weighted by Crippen LogP contribution is -2.11. The van der Waals surface area contributed by atoms with Gasteiger partial charge in [-0.2, -0.15) is 4.98 Å². The van der Waals surface area contributed by atoms with Crippen LogP contribution in [0.15, 0.2) is 12.3 Å². The highest BCUT2D eigenvalue weighted by Gasteiger charge is 2.16. The van der Waals surface area contributed by atoms with Crippen LogP contribution in [0.3, 0.4) is 0 Å². The van der Waals surface area contributed by atoms with Gasteiger partial charge in [0.15, 0.2) is 0 Å². The average Bonchev–Trinajstić information content (AvgIpc) is 2.17. The third-order valence-electron chi connectivity index (χ3n) is 1.70. The molecule has 0 aromatic carbocycles. The van der Waals surface area contributed by atoms with Crippen LogP contribution in [0.5, 0.6) is 5.88 Å². The van der Waals surface area contributed by atoms with Gasteiger partial charge in [-0.05, 0) is 13.8 Å². The number of ether oxygens (including phenoxy) is 1. The van der Waals surface area contributed by atoms with Crippen molar-refractivity contribution in [3.05, 3.63) is 18.1 Å². The zero-order valence-electron chi connectivity index (χ0n) is 8.10. The van der Waals surface area contributed by atoms with Gasteiger partial charge < -0.3 is 9.84 Å². The second kappa shape index (κ2) is 4.55. The average molecular weight is 196 g/mol. The van der Waals surface area contributed by atoms with E-state index in [2.05, 4.69) is 9.97 Å². The van der Waals surface area contributed by atoms with Gasteiger partial charge in [-0.15, -0.1) is 0 Å². The number of aliphatic carboxylic acids is 1. The number of carbonyl (C=O) groups is 1. The quantitative estimate of drug-likeness (QED) is 0.779. The van der Waals surface area contributed by atoms with Crippen molar-refractivity contribution in [2.45, 2.75) is 19.8 Å². The van der Waals surface area contributed by atoms with Crippen LogP contribution in [-0.2, 0) is 4.79 Å². The van der Waals surface area contributed by atoms with Crippen LogP contribution in [-0.4, -0.2) is 27.7 Å². The SMILES string of the molecule is CCOc1ccnc(C(C)C(=O)O)n1. The van der Waals surface area contributed by atoms with E-state index in [0.717, 1.165) is 0 Å². The molecule has 1 rings (SSSR count). The minimum atomic E-state index is -0.946. The number of aromatic nitrogens is 2. The summed E-state index contributed by atoms with van der Waals surface area (Å²) >= 11 is 0. The Kier molecular flexibility index (Phi) is 3.39. The molecule has 1 unspecified atom stereocenters. The molecule has 0 aliphatic heterocycles. The van der Waals surface area contributed by atoms with Crippen molar-refractivity contribution in [2.24, 2.45) is 0 Å². The van der Waals surface area contributed by atoms with Gasteiger partial charge in [-0.1, -0.05) is 0 Å². The summed E-state index contributed by atoms with van der Waals surface area (Å²) in [6.45, 7) is 3.87. The molecule has 0 radical (unpaired) electrons. The van der Waals surface area contributed by atoms with Crippen LogP contribution in [0.4, 0.5) is 0 Å². The Bertz CT molecular complexity index is 328. The zero-order chi connectivity index (χ0) is 10.6. The Morgan fingerprint density at radius 1 is 1.71 bits per heavy atom. The maximum atomic E-state index is 10.6. The summed E-state index contributed by atoms with van der Waals surface area (Å²) in [4.78, 5) is 18.5. The Hall–Kier alpha value is -1.65. The van der Waals surface area contributed by atoms with Crippen LogP contribution in [0, 0.1) is 0 Å². The van der Waals surface area contributed by atoms with Crippen molar-refractivity contribution in [3.63, 3.8) is 0 Å². The number of carboxylic acids is 1. The standard InChI is InChI=1S/C9H12N2O3/c1-3-14-7-4-5-10-8(11-7)6(2)9(12)13/h4-6H,3H2,1-2H3,(H,12,13). The highest BCUT2D eigenvalue weighted by Crippen LogP contribution is 2.13. The predicted octanol–water partition coefficient (Wildman–Crippen LogP) is 1.06. The largest absolute Gasteiger partial charge is 0.481 e. The molecular weight excluding hydrogens is 184 g/mol. The van der Waals surface area contributed by atoms with Crippen molar-refractivity contribution in [1.29, 1.82) is 0 Å². The first-order chi connectivity index (χ1) is 6.65. The number of nitrogens with zero attached hydrogens (tertiary/aromatic N) is 2. The molecule has 0 aliphatic rings. The third kappa shape index (κ3) is 2.42. The van der Waals surface area contributed by atoms with Crippen molar-refractivity contribution in [3.8, 4) is 5.88 Å². The normalized spacial score (nSPS) is 12.1. The van der Waals surface area contributed by atoms with E-state index in [0.29, 0.717) is 12.5 Å². The topological polar surface area (TPSA) is 72.3 Å². The molecular formula is C9H12N2O3. The summed E-state index contributed by atoms with van der Waals surface area (Å²) in [5.41, 5.74) is 0. The van der Waals surface area contributed by atoms with Gasteiger partial charge in [0, 0.05) is 12.3 Å². The third-order valence-corrected chi connectivity index (χ3v) is 1.70. The number of hydrogen-bond acceptors (Lipinski definition) is 4. The van der Waals surface area contributed by atoms with Crippen LogP contribution < -0.4 is 4.74 Å². The Morgan fingerprint density at radius 2 is 2.43 bits per heavy atom. The molecule has 0 saturated heterocycles. The maximum absolute atomic E-state index is 10.6. The maximum Gasteiger partial charge on any atom is 0.313 e. The molecule has 76 valence electrons. The van der Waals surface area contributed by atoms with E-state index < -0.39 is 11.9 Å². The van der Waals surface area contributed by atoms with Crippen molar-refractivity contribution >= 4 is 5.97 Å². The molecule has 14 heavy (non-hydrogen) atoms. The van der Waals surface area contributed by atoms with E-state index in [9.17, 15) is 4.79 Å². The highest BCUT2D eigenvalue weighted by molar-refractivity contribution is 5.74. The minimum absolute atomic E-state index is 0.267. The molecule has 0 amide bonds. The highest BCUT2D eigenvalue weighted by atomic mass is 16.5. The molecule has 1 aromatic rings. The molecule has 5 nitrogen and oxygen atoms in total. The summed E-state index contributed by atoms with van der Waals surface area (Å²) in [6.07, 6.45) is 1.49. The van der Waals surface area contributed by atoms with Crippen molar-refractivity contribution < 1.29 is 14.6 Å². The second-order valence-electron chi connectivity index (χ2n) is 2.75. The Labute approximate surface area is 81.8 Å². The van der Waals surface area contributed by atoms with Gasteiger partial charge in [0.25, 0.3) is 0 Å². The molecule has 0 fully saturated rings. The monoisotopic (exact) mass is 196 g/mol. The molecule has 1 atom stereocenters. The molecule has 5 heteroatoms. The van der Waals surface area contributed by atoms with Crippen LogP contribution in [0.1, 0.15) is 25.6 Å². The molecule has 0 aliphatic carbocycles. The van der Waals surface area contributed by atoms with E-state index in [1.54, 1.807) is 6.07 Å². The summed E-state index contributed by atoms with van der Waals surface area (Å²) in [7, 11) is 0. The van der Waals surface area contributed by atoms with Crippen LogP contribution >= 0.6 is 0 Å². The molecule has 1 aromatic heterocycles. The fourth-order valence-electron chi connectivity index (χ4n) is 0.904. The van der Waals surface area contributed by atoms with Gasteiger partial charge in [-0.3, -0.25) is 4.79 Å². The zero-order valence-corrected chi connectivity index (χ0v) is 8.10. The van der Waals surface area contributed by atoms with E-state index in [4.69, 9.17) is 9.84 Å². The van der Waals surface area contributed by atoms with Crippen LogP contribution in [0.25, 0.3) is 0 Å². The lowest BCUT2D eigenvalue weighted by molar-refractivity contribution is -0.138. The van der Waals surface area contributed by atoms with E-state index >= 15 is 0 Å². The Balaban J connectivity index is 2.87. The van der Waals surface area contributed by atoms with Crippen molar-refractivity contribution in [1.82, 2.24) is 9.97 Å². The smallest absolute Gasteiger partial charge is 0.313 e. The summed E-state index contributed by atoms with van der Waals surface area (Å²) < 4.78 is 5.13. The summed E-state index contributed by atoms with van der Waals surface area (Å²) in [5.74, 6) is -0.983. The van der Waals surface area contributed by atoms with Gasteiger partial charge in [0.05, 0.1) is 6.61 Å². The molecule has 0 bridgehead atoms. The first-order valence-corrected chi connectivity index (χ1v) is 4.33. The lowest BCUT2D eigenvalue weighted by atomic mass is 10.2. The van der Waals surface area contributed by atoms with Gasteiger partial charge in [0.1, 0.15) is 11.7 Å². The lowest BCUT2D eigenvalue weighted by Gasteiger charge is -2.06. The number of hydrogen-bond donors (Lipinski definition) is 1. The van der Waals surface area contributed by atoms with E-state index in [1.807, 2.05) is 6.92 Å². The first kappa shape index (κ1) is 10.4. The van der Waals surface area contributed by atoms with Gasteiger partial charge in [0.2, 0.25) is 5.88 Å². The molecule has 1 N–H and O–H groups in total. The fourth-order valence-corrected chi connectivity index (χ4v) is 0.904. The van der Waals surface area contributed by atoms with E-state index in [1.165, 1.54) is 13.1 Å². The van der Waals surface area contributed by atoms with Gasteiger partial charge >= 0.3 is 5.97 Å². The summed E-state index contributed by atoms with van der Waals surface area (Å²) in [5, 5.41) is 8.74. The number of rotatable bonds is 4.